The van der Waals surface area contributed by atoms with Crippen LogP contribution in [0.2, 0.25) is 0 Å². The number of hydrogen-bond donors (Lipinski definition) is 3. The van der Waals surface area contributed by atoms with Crippen molar-refractivity contribution >= 4 is 23.0 Å². The number of imidazole rings is 1. The predicted molar refractivity (Wildman–Crippen MR) is 91.2 cm³/mol. The van der Waals surface area contributed by atoms with Crippen LogP contribution in [0.15, 0.2) is 24.3 Å². The van der Waals surface area contributed by atoms with Crippen LogP contribution in [0.4, 0.5) is 4.79 Å². The molecule has 7 heteroatoms. The Labute approximate surface area is 140 Å². The number of carbonyl (C=O) groups excluding carboxylic acids is 2. The second-order valence-corrected chi connectivity index (χ2v) is 6.49. The van der Waals surface area contributed by atoms with E-state index < -0.39 is 17.5 Å². The molecule has 0 bridgehead atoms. The maximum Gasteiger partial charge on any atom is 0.316 e. The van der Waals surface area contributed by atoms with Crippen molar-refractivity contribution in [3.8, 4) is 0 Å². The van der Waals surface area contributed by atoms with Gasteiger partial charge in [-0.05, 0) is 31.9 Å². The maximum absolute atomic E-state index is 12.4. The minimum Gasteiger partial charge on any atom is -0.368 e. The van der Waals surface area contributed by atoms with E-state index in [2.05, 4.69) is 15.6 Å². The van der Waals surface area contributed by atoms with Gasteiger partial charge >= 0.3 is 6.03 Å². The van der Waals surface area contributed by atoms with E-state index in [0.29, 0.717) is 12.8 Å². The molecule has 0 unspecified atom stereocenters. The third-order valence-corrected chi connectivity index (χ3v) is 4.84. The van der Waals surface area contributed by atoms with E-state index in [0.717, 1.165) is 29.7 Å². The fourth-order valence-electron chi connectivity index (χ4n) is 3.48. The molecule has 1 aliphatic rings. The number of rotatable bonds is 4. The predicted octanol–water partition coefficient (Wildman–Crippen LogP) is 1.73. The van der Waals surface area contributed by atoms with Crippen LogP contribution in [0.1, 0.15) is 44.5 Å². The summed E-state index contributed by atoms with van der Waals surface area (Å²) in [5, 5.41) is 5.65. The fraction of sp³-hybridized carbons (Fsp3) is 0.471. The highest BCUT2D eigenvalue weighted by Gasteiger charge is 2.41. The number of benzene rings is 1. The molecule has 2 aromatic rings. The van der Waals surface area contributed by atoms with Crippen LogP contribution in [0, 0.1) is 0 Å². The first-order valence-corrected chi connectivity index (χ1v) is 8.23. The molecule has 1 atom stereocenters. The van der Waals surface area contributed by atoms with E-state index in [4.69, 9.17) is 5.73 Å². The molecule has 0 aliphatic heterocycles. The molecule has 1 aliphatic carbocycles. The Kier molecular flexibility index (Phi) is 4.17. The number of fused-ring (bicyclic) bond motifs is 1. The zero-order chi connectivity index (χ0) is 17.3. The third-order valence-electron chi connectivity index (χ3n) is 4.84. The molecule has 24 heavy (non-hydrogen) atoms. The van der Waals surface area contributed by atoms with Crippen molar-refractivity contribution < 1.29 is 9.59 Å². The normalized spacial score (nSPS) is 17.6. The number of nitrogens with one attached hydrogen (secondary N) is 2. The van der Waals surface area contributed by atoms with Gasteiger partial charge < -0.3 is 20.9 Å². The molecule has 0 spiro atoms. The van der Waals surface area contributed by atoms with Gasteiger partial charge in [0.15, 0.2) is 0 Å². The molecular formula is C17H23N5O2. The highest BCUT2D eigenvalue weighted by Crippen LogP contribution is 2.29. The Morgan fingerprint density at radius 2 is 1.96 bits per heavy atom. The molecule has 1 aromatic carbocycles. The monoisotopic (exact) mass is 329 g/mol. The minimum absolute atomic E-state index is 0.297. The van der Waals surface area contributed by atoms with Crippen LogP contribution >= 0.6 is 0 Å². The average Bonchev–Trinajstić information content (AvgIpc) is 3.13. The van der Waals surface area contributed by atoms with Crippen molar-refractivity contribution in [2.45, 2.75) is 44.2 Å². The second kappa shape index (κ2) is 6.14. The molecule has 3 amide bonds. The quantitative estimate of drug-likeness (QED) is 0.796. The second-order valence-electron chi connectivity index (χ2n) is 6.49. The van der Waals surface area contributed by atoms with E-state index in [1.807, 2.05) is 42.8 Å². The van der Waals surface area contributed by atoms with Gasteiger partial charge in [-0.15, -0.1) is 0 Å². The van der Waals surface area contributed by atoms with Crippen LogP contribution < -0.4 is 16.4 Å². The van der Waals surface area contributed by atoms with E-state index in [-0.39, 0.29) is 6.04 Å². The Balaban J connectivity index is 1.74. The lowest BCUT2D eigenvalue weighted by Gasteiger charge is -2.27. The van der Waals surface area contributed by atoms with E-state index in [1.54, 1.807) is 0 Å². The zero-order valence-electron chi connectivity index (χ0n) is 14.0. The molecule has 128 valence electrons. The summed E-state index contributed by atoms with van der Waals surface area (Å²) in [6.07, 6.45) is 2.97. The number of carbonyl (C=O) groups is 2. The first-order chi connectivity index (χ1) is 11.4. The molecule has 0 radical (unpaired) electrons. The molecule has 1 heterocycles. The van der Waals surface area contributed by atoms with Crippen LogP contribution in [-0.2, 0) is 11.8 Å². The summed E-state index contributed by atoms with van der Waals surface area (Å²) in [5.74, 6) is 0.288. The topological polar surface area (TPSA) is 102 Å². The van der Waals surface area contributed by atoms with Crippen molar-refractivity contribution in [3.05, 3.63) is 30.1 Å². The minimum atomic E-state index is -0.920. The maximum atomic E-state index is 12.4. The van der Waals surface area contributed by atoms with Gasteiger partial charge in [0.2, 0.25) is 5.91 Å². The van der Waals surface area contributed by atoms with Crippen LogP contribution in [-0.4, -0.2) is 27.0 Å². The van der Waals surface area contributed by atoms with Crippen LogP contribution in [0.5, 0.6) is 0 Å². The number of aromatic nitrogens is 2. The van der Waals surface area contributed by atoms with Crippen molar-refractivity contribution in [1.82, 2.24) is 20.2 Å². The van der Waals surface area contributed by atoms with Crippen LogP contribution in [0.25, 0.3) is 11.0 Å². The molecule has 1 fully saturated rings. The summed E-state index contributed by atoms with van der Waals surface area (Å²) >= 11 is 0. The first-order valence-electron chi connectivity index (χ1n) is 8.23. The number of urea groups is 1. The number of nitrogens with two attached hydrogens (primary N) is 1. The summed E-state index contributed by atoms with van der Waals surface area (Å²) in [5.41, 5.74) is 6.47. The van der Waals surface area contributed by atoms with Crippen molar-refractivity contribution in [2.24, 2.45) is 12.8 Å². The first kappa shape index (κ1) is 16.3. The number of nitrogens with zero attached hydrogens (tertiary/aromatic N) is 2. The van der Waals surface area contributed by atoms with Crippen molar-refractivity contribution in [2.75, 3.05) is 0 Å². The van der Waals surface area contributed by atoms with Gasteiger partial charge in [0.25, 0.3) is 0 Å². The van der Waals surface area contributed by atoms with Gasteiger partial charge in [-0.25, -0.2) is 9.78 Å². The lowest BCUT2D eigenvalue weighted by atomic mass is 9.97. The Hall–Kier alpha value is -2.57. The SMILES string of the molecule is C[C@H](NC(=O)NC1(C(N)=O)CCCC1)c1nc2ccccc2n1C. The number of para-hydroxylation sites is 2. The van der Waals surface area contributed by atoms with Gasteiger partial charge in [-0.1, -0.05) is 25.0 Å². The third kappa shape index (κ3) is 2.81. The molecule has 0 saturated heterocycles. The Bertz CT molecular complexity index is 776. The highest BCUT2D eigenvalue weighted by molar-refractivity contribution is 5.90. The molecule has 1 aromatic heterocycles. The zero-order valence-corrected chi connectivity index (χ0v) is 14.0. The lowest BCUT2D eigenvalue weighted by molar-refractivity contribution is -0.123. The van der Waals surface area contributed by atoms with E-state index in [9.17, 15) is 9.59 Å². The highest BCUT2D eigenvalue weighted by atomic mass is 16.2. The molecule has 4 N–H and O–H groups in total. The van der Waals surface area contributed by atoms with Gasteiger partial charge in [-0.2, -0.15) is 0 Å². The largest absolute Gasteiger partial charge is 0.368 e. The Morgan fingerprint density at radius 3 is 2.58 bits per heavy atom. The summed E-state index contributed by atoms with van der Waals surface area (Å²) in [7, 11) is 1.92. The molecule has 7 nitrogen and oxygen atoms in total. The van der Waals surface area contributed by atoms with Gasteiger partial charge in [0.05, 0.1) is 17.1 Å². The summed E-state index contributed by atoms with van der Waals surface area (Å²) in [4.78, 5) is 28.7. The summed E-state index contributed by atoms with van der Waals surface area (Å²) < 4.78 is 1.96. The lowest BCUT2D eigenvalue weighted by Crippen LogP contribution is -2.58. The molecule has 1 saturated carbocycles. The number of primary amides is 1. The average molecular weight is 329 g/mol. The summed E-state index contributed by atoms with van der Waals surface area (Å²) in [6, 6.07) is 7.12. The fourth-order valence-corrected chi connectivity index (χ4v) is 3.48. The van der Waals surface area contributed by atoms with Gasteiger partial charge in [0.1, 0.15) is 11.4 Å². The smallest absolute Gasteiger partial charge is 0.316 e. The van der Waals surface area contributed by atoms with Gasteiger partial charge in [-0.3, -0.25) is 4.79 Å². The van der Waals surface area contributed by atoms with Crippen LogP contribution in [0.3, 0.4) is 0 Å². The number of hydrogen-bond acceptors (Lipinski definition) is 3. The standard InChI is InChI=1S/C17H23N5O2/c1-11(14-20-12-7-3-4-8-13(12)22(14)2)19-16(24)21-17(15(18)23)9-5-6-10-17/h3-4,7-8,11H,5-6,9-10H2,1-2H3,(H2,18,23)(H2,19,21,24)/t11-/m0/s1. The summed E-state index contributed by atoms with van der Waals surface area (Å²) in [6.45, 7) is 1.87. The molecular weight excluding hydrogens is 306 g/mol. The Morgan fingerprint density at radius 1 is 1.29 bits per heavy atom. The van der Waals surface area contributed by atoms with Crippen molar-refractivity contribution in [1.29, 1.82) is 0 Å². The number of aryl methyl sites for hydroxylation is 1. The number of amides is 3. The van der Waals surface area contributed by atoms with Gasteiger partial charge in [0, 0.05) is 7.05 Å². The van der Waals surface area contributed by atoms with E-state index >= 15 is 0 Å². The van der Waals surface area contributed by atoms with E-state index in [1.165, 1.54) is 0 Å². The van der Waals surface area contributed by atoms with Crippen molar-refractivity contribution in [3.63, 3.8) is 0 Å². The molecule has 3 rings (SSSR count).